The molecule has 0 bridgehead atoms. The molecule has 20 nitrogen and oxygen atoms in total. The fraction of sp³-hybridized carbons (Fsp3) is 0.393. The number of benzene rings is 2. The highest BCUT2D eigenvalue weighted by atomic mass is 35.5. The lowest BCUT2D eigenvalue weighted by atomic mass is 9.96. The van der Waals surface area contributed by atoms with Crippen LogP contribution in [0.3, 0.4) is 0 Å². The van der Waals surface area contributed by atoms with E-state index in [-0.39, 0.29) is 40.9 Å². The standard InChI is InChI=1S/C28H33N7O3.C25H31N7O2.C3H3ClO/c1-4-25(37)33-17-21(18-33)11-12-35-26(38)10-5-22-15-29-28(31-27(22)35)30-23-6-8-24(9-7-23)34-14-13-32(20(3)36)16-19(34)2;1-17-16-30(18(2)33)11-12-31(17)22-6-4-21(5-7-22)28-25-27-15-20-3-8-23(34)32(24(20)29-25)10-9-19-13-26-14-19;1-2-3(4)5/h4-10,15,19,21H,1,11-14,16-18H2,2-3H3,(H,29,30,31);3-8,15,17,19,26H,9-14,16H2,1-2H3,(H,27,28,29);2H,1H2/t19-;17-;/m11./s1. The van der Waals surface area contributed by atoms with Crippen molar-refractivity contribution in [2.75, 3.05) is 85.9 Å². The third-order valence-corrected chi connectivity index (χ3v) is 14.6. The molecule has 0 radical (unpaired) electrons. The lowest BCUT2D eigenvalue weighted by molar-refractivity contribution is -0.132. The number of halogens is 1. The number of hydrogen-bond acceptors (Lipinski definition) is 15. The molecule has 4 fully saturated rings. The van der Waals surface area contributed by atoms with Crippen molar-refractivity contribution in [3.8, 4) is 0 Å². The minimum atomic E-state index is -0.509. The minimum Gasteiger partial charge on any atom is -0.365 e. The number of fused-ring (bicyclic) bond motifs is 2. The first-order valence-electron chi connectivity index (χ1n) is 26.0. The van der Waals surface area contributed by atoms with Gasteiger partial charge in [0.1, 0.15) is 11.3 Å². The normalized spacial score (nSPS) is 17.5. The molecule has 6 aromatic rings. The molecule has 2 atom stereocenters. The van der Waals surface area contributed by atoms with Crippen LogP contribution in [0, 0.1) is 11.8 Å². The first-order valence-corrected chi connectivity index (χ1v) is 26.4. The molecule has 4 aliphatic rings. The van der Waals surface area contributed by atoms with E-state index in [1.165, 1.54) is 6.08 Å². The second kappa shape index (κ2) is 25.2. The second-order valence-electron chi connectivity index (χ2n) is 19.9. The van der Waals surface area contributed by atoms with Crippen molar-refractivity contribution in [2.24, 2.45) is 11.8 Å². The Balaban J connectivity index is 0.000000188. The molecular weight excluding hydrogens is 1000 g/mol. The van der Waals surface area contributed by atoms with E-state index in [4.69, 9.17) is 11.6 Å². The molecule has 0 spiro atoms. The molecule has 0 saturated carbocycles. The van der Waals surface area contributed by atoms with Gasteiger partial charge in [-0.3, -0.25) is 37.9 Å². The fourth-order valence-corrected chi connectivity index (χ4v) is 9.92. The maximum absolute atomic E-state index is 12.7. The molecule has 10 rings (SSSR count). The number of carbonyl (C=O) groups is 4. The minimum absolute atomic E-state index is 0.0345. The highest BCUT2D eigenvalue weighted by Gasteiger charge is 2.30. The number of nitrogens with one attached hydrogen (secondary N) is 3. The summed E-state index contributed by atoms with van der Waals surface area (Å²) in [6.45, 7) is 23.2. The van der Waals surface area contributed by atoms with Crippen molar-refractivity contribution in [3.05, 3.63) is 131 Å². The molecule has 77 heavy (non-hydrogen) atoms. The third kappa shape index (κ3) is 13.9. The highest BCUT2D eigenvalue weighted by Crippen LogP contribution is 2.27. The number of pyridine rings is 2. The monoisotopic (exact) mass is 1070 g/mol. The zero-order valence-electron chi connectivity index (χ0n) is 44.1. The van der Waals surface area contributed by atoms with Gasteiger partial charge in [-0.25, -0.2) is 9.97 Å². The first kappa shape index (κ1) is 55.3. The van der Waals surface area contributed by atoms with Crippen molar-refractivity contribution >= 4 is 91.3 Å². The second-order valence-corrected chi connectivity index (χ2v) is 20.2. The van der Waals surface area contributed by atoms with Crippen LogP contribution in [0.4, 0.5) is 34.6 Å². The average molecular weight is 1070 g/mol. The molecule has 0 aliphatic carbocycles. The molecule has 8 heterocycles. The smallest absolute Gasteiger partial charge is 0.252 e. The third-order valence-electron chi connectivity index (χ3n) is 14.5. The van der Waals surface area contributed by atoms with E-state index in [2.05, 4.69) is 97.0 Å². The molecule has 21 heteroatoms. The Labute approximate surface area is 452 Å². The van der Waals surface area contributed by atoms with Gasteiger partial charge in [0.05, 0.1) is 0 Å². The summed E-state index contributed by atoms with van der Waals surface area (Å²) in [7, 11) is 0. The molecule has 3 amide bonds. The number of likely N-dealkylation sites (tertiary alicyclic amines) is 1. The number of aryl methyl sites for hydroxylation is 2. The van der Waals surface area contributed by atoms with Crippen LogP contribution in [-0.4, -0.2) is 144 Å². The number of anilines is 6. The summed E-state index contributed by atoms with van der Waals surface area (Å²) in [5.41, 5.74) is 5.05. The van der Waals surface area contributed by atoms with E-state index in [1.807, 2.05) is 34.1 Å². The Bertz CT molecular complexity index is 3230. The van der Waals surface area contributed by atoms with Crippen molar-refractivity contribution < 1.29 is 19.2 Å². The maximum atomic E-state index is 12.7. The van der Waals surface area contributed by atoms with Crippen LogP contribution in [0.15, 0.2) is 120 Å². The summed E-state index contributed by atoms with van der Waals surface area (Å²) < 4.78 is 3.44. The molecule has 0 unspecified atom stereocenters. The van der Waals surface area contributed by atoms with E-state index in [1.54, 1.807) is 64.5 Å². The molecule has 3 N–H and O–H groups in total. The maximum Gasteiger partial charge on any atom is 0.252 e. The predicted octanol–water partition coefficient (Wildman–Crippen LogP) is 5.77. The fourth-order valence-electron chi connectivity index (χ4n) is 9.92. The van der Waals surface area contributed by atoms with Crippen LogP contribution in [-0.2, 0) is 32.3 Å². The number of piperazine rings is 2. The van der Waals surface area contributed by atoms with Gasteiger partial charge in [-0.1, -0.05) is 13.2 Å². The number of nitrogens with zero attached hydrogens (tertiary/aromatic N) is 11. The van der Waals surface area contributed by atoms with Crippen molar-refractivity contribution in [1.29, 1.82) is 0 Å². The van der Waals surface area contributed by atoms with Gasteiger partial charge in [-0.2, -0.15) is 9.97 Å². The lowest BCUT2D eigenvalue weighted by Gasteiger charge is -2.41. The van der Waals surface area contributed by atoms with E-state index in [0.29, 0.717) is 67.8 Å². The van der Waals surface area contributed by atoms with Gasteiger partial charge < -0.3 is 40.4 Å². The number of aromatic nitrogens is 6. The largest absolute Gasteiger partial charge is 0.365 e. The zero-order chi connectivity index (χ0) is 54.8. The van der Waals surface area contributed by atoms with Crippen LogP contribution >= 0.6 is 11.6 Å². The Morgan fingerprint density at radius 2 is 1.04 bits per heavy atom. The number of hydrogen-bond donors (Lipinski definition) is 3. The van der Waals surface area contributed by atoms with Crippen LogP contribution < -0.4 is 36.9 Å². The van der Waals surface area contributed by atoms with Gasteiger partial charge >= 0.3 is 0 Å². The molecule has 4 aromatic heterocycles. The predicted molar refractivity (Wildman–Crippen MR) is 302 cm³/mol. The molecule has 2 aromatic carbocycles. The van der Waals surface area contributed by atoms with E-state index >= 15 is 0 Å². The summed E-state index contributed by atoms with van der Waals surface area (Å²) in [6.07, 6.45) is 7.60. The number of amides is 3. The van der Waals surface area contributed by atoms with Gasteiger partial charge in [-0.15, -0.1) is 0 Å². The SMILES string of the molecule is C=CC(=O)Cl.C=CC(=O)N1CC(CCn2c(=O)ccc3cnc(Nc4ccc(N5CCN(C(C)=O)C[C@H]5C)cc4)nc32)C1.CC(=O)N1CCN(c2ccc(Nc3ncc4ccc(=O)n(CCC5CNC5)c4n3)cc2)[C@H](C)C1. The van der Waals surface area contributed by atoms with Crippen molar-refractivity contribution in [2.45, 2.75) is 65.7 Å². The van der Waals surface area contributed by atoms with Crippen molar-refractivity contribution in [1.82, 2.24) is 49.1 Å². The molecule has 4 saturated heterocycles. The Morgan fingerprint density at radius 1 is 0.610 bits per heavy atom. The lowest BCUT2D eigenvalue weighted by Crippen LogP contribution is -2.53. The van der Waals surface area contributed by atoms with Crippen LogP contribution in [0.25, 0.3) is 22.1 Å². The zero-order valence-corrected chi connectivity index (χ0v) is 44.9. The first-order chi connectivity index (χ1) is 37.1. The Kier molecular flexibility index (Phi) is 18.1. The highest BCUT2D eigenvalue weighted by molar-refractivity contribution is 6.66. The summed E-state index contributed by atoms with van der Waals surface area (Å²) in [5, 5.41) is 10.9. The summed E-state index contributed by atoms with van der Waals surface area (Å²) in [6, 6.07) is 23.4. The summed E-state index contributed by atoms with van der Waals surface area (Å²) in [4.78, 5) is 98.2. The quantitative estimate of drug-likeness (QED) is 0.0873. The van der Waals surface area contributed by atoms with E-state index in [9.17, 15) is 28.8 Å². The van der Waals surface area contributed by atoms with Crippen LogP contribution in [0.1, 0.15) is 40.5 Å². The molecule has 404 valence electrons. The van der Waals surface area contributed by atoms with Crippen LogP contribution in [0.5, 0.6) is 0 Å². The number of rotatable bonds is 14. The topological polar surface area (TPSA) is 216 Å². The van der Waals surface area contributed by atoms with Gasteiger partial charge in [0.2, 0.25) is 34.9 Å². The van der Waals surface area contributed by atoms with Gasteiger partial charge in [0.15, 0.2) is 0 Å². The van der Waals surface area contributed by atoms with Gasteiger partial charge in [-0.05, 0) is 136 Å². The van der Waals surface area contributed by atoms with Crippen LogP contribution in [0.2, 0.25) is 0 Å². The Morgan fingerprint density at radius 3 is 1.40 bits per heavy atom. The van der Waals surface area contributed by atoms with Gasteiger partial charge in [0, 0.05) is 149 Å². The van der Waals surface area contributed by atoms with Gasteiger partial charge in [0.25, 0.3) is 11.1 Å². The average Bonchev–Trinajstić information content (AvgIpc) is 3.40. The van der Waals surface area contributed by atoms with E-state index < -0.39 is 5.24 Å². The Hall–Kier alpha value is -7.97. The van der Waals surface area contributed by atoms with Crippen molar-refractivity contribution in [3.63, 3.8) is 0 Å². The summed E-state index contributed by atoms with van der Waals surface area (Å²) >= 11 is 4.71. The molecule has 4 aliphatic heterocycles. The molecular formula is C56H67ClN14O6. The number of carbonyl (C=O) groups excluding carboxylic acids is 4. The number of allylic oxidation sites excluding steroid dienone is 1. The summed E-state index contributed by atoms with van der Waals surface area (Å²) in [5.74, 6) is 2.05. The van der Waals surface area contributed by atoms with E-state index in [0.717, 1.165) is 98.3 Å².